The van der Waals surface area contributed by atoms with E-state index < -0.39 is 0 Å². The van der Waals surface area contributed by atoms with Gasteiger partial charge in [0.15, 0.2) is 23.2 Å². The van der Waals surface area contributed by atoms with Crippen molar-refractivity contribution in [1.29, 1.82) is 0 Å². The van der Waals surface area contributed by atoms with Gasteiger partial charge in [0.25, 0.3) is 0 Å². The number of piperazine rings is 1. The first kappa shape index (κ1) is 18.6. The van der Waals surface area contributed by atoms with Crippen molar-refractivity contribution in [2.45, 2.75) is 0 Å². The zero-order chi connectivity index (χ0) is 19.7. The van der Waals surface area contributed by atoms with E-state index in [0.717, 1.165) is 43.1 Å². The third-order valence-electron chi connectivity index (χ3n) is 5.30. The minimum absolute atomic E-state index is 0.303. The molecule has 148 valence electrons. The average Bonchev–Trinajstić information content (AvgIpc) is 2.73. The molecule has 6 nitrogen and oxygen atoms in total. The molecule has 3 aliphatic heterocycles. The van der Waals surface area contributed by atoms with Crippen LogP contribution in [0.4, 0.5) is 4.39 Å². The normalized spacial score (nSPS) is 20.0. The molecule has 0 atom stereocenters. The number of amidine groups is 1. The van der Waals surface area contributed by atoms with Crippen molar-refractivity contribution in [2.75, 3.05) is 54.0 Å². The highest BCUT2D eigenvalue weighted by Crippen LogP contribution is 2.33. The number of fused-ring (bicyclic) bond motifs is 1. The quantitative estimate of drug-likeness (QED) is 0.798. The number of nitrogens with zero attached hydrogens (tertiary/aromatic N) is 4. The zero-order valence-corrected chi connectivity index (χ0v) is 16.5. The Bertz CT molecular complexity index is 882. The van der Waals surface area contributed by atoms with Gasteiger partial charge < -0.3 is 24.2 Å². The standard InChI is InChI=1S/C21H25FN4O2/c1-24-8-10-25(11-9-24)16-13-17(22)21-23-18(6-7-26(21)14-16)15-4-5-19(27-2)20(12-15)28-3/h4-6,12-14H,7-11H2,1-3H3. The fourth-order valence-electron chi connectivity index (χ4n) is 3.61. The first-order chi connectivity index (χ1) is 13.6. The second-order valence-electron chi connectivity index (χ2n) is 7.08. The summed E-state index contributed by atoms with van der Waals surface area (Å²) >= 11 is 0. The average molecular weight is 384 g/mol. The molecular formula is C21H25FN4O2. The van der Waals surface area contributed by atoms with E-state index in [9.17, 15) is 4.39 Å². The summed E-state index contributed by atoms with van der Waals surface area (Å²) in [5.41, 5.74) is 2.51. The van der Waals surface area contributed by atoms with Crippen LogP contribution in [0.1, 0.15) is 5.56 Å². The van der Waals surface area contributed by atoms with E-state index in [0.29, 0.717) is 23.9 Å². The molecular weight excluding hydrogens is 359 g/mol. The van der Waals surface area contributed by atoms with Crippen LogP contribution >= 0.6 is 0 Å². The van der Waals surface area contributed by atoms with Gasteiger partial charge in [-0.25, -0.2) is 9.38 Å². The highest BCUT2D eigenvalue weighted by Gasteiger charge is 2.26. The van der Waals surface area contributed by atoms with Crippen LogP contribution in [-0.4, -0.2) is 74.5 Å². The van der Waals surface area contributed by atoms with Gasteiger partial charge in [-0.3, -0.25) is 0 Å². The smallest absolute Gasteiger partial charge is 0.169 e. The zero-order valence-electron chi connectivity index (χ0n) is 16.5. The maximum absolute atomic E-state index is 14.9. The van der Waals surface area contributed by atoms with Crippen molar-refractivity contribution in [1.82, 2.24) is 14.7 Å². The minimum atomic E-state index is -0.303. The SMILES string of the molecule is COc1ccc(C2=CCN3C=C(N4CCN(C)CC4)C=C(F)C3=N2)cc1OC. The number of rotatable bonds is 4. The Hall–Kier alpha value is -2.80. The highest BCUT2D eigenvalue weighted by atomic mass is 19.1. The molecule has 28 heavy (non-hydrogen) atoms. The van der Waals surface area contributed by atoms with Gasteiger partial charge in [0.1, 0.15) is 0 Å². The highest BCUT2D eigenvalue weighted by molar-refractivity contribution is 6.02. The largest absolute Gasteiger partial charge is 0.493 e. The first-order valence-corrected chi connectivity index (χ1v) is 9.40. The number of hydrogen-bond donors (Lipinski definition) is 0. The number of hydrogen-bond acceptors (Lipinski definition) is 6. The van der Waals surface area contributed by atoms with E-state index in [-0.39, 0.29) is 5.83 Å². The maximum Gasteiger partial charge on any atom is 0.169 e. The molecule has 1 fully saturated rings. The third kappa shape index (κ3) is 3.49. The molecule has 1 aromatic carbocycles. The van der Waals surface area contributed by atoms with E-state index in [1.165, 1.54) is 0 Å². The second kappa shape index (κ2) is 7.67. The fourth-order valence-corrected chi connectivity index (χ4v) is 3.61. The Labute approximate surface area is 164 Å². The molecule has 0 amide bonds. The van der Waals surface area contributed by atoms with Gasteiger partial charge in [-0.05, 0) is 31.3 Å². The van der Waals surface area contributed by atoms with Crippen LogP contribution in [-0.2, 0) is 0 Å². The summed E-state index contributed by atoms with van der Waals surface area (Å²) in [6.07, 6.45) is 5.59. The summed E-state index contributed by atoms with van der Waals surface area (Å²) in [6, 6.07) is 5.60. The lowest BCUT2D eigenvalue weighted by atomic mass is 10.1. The lowest BCUT2D eigenvalue weighted by molar-refractivity contribution is 0.188. The monoisotopic (exact) mass is 384 g/mol. The van der Waals surface area contributed by atoms with Gasteiger partial charge in [0.05, 0.1) is 25.6 Å². The Kier molecular flexibility index (Phi) is 5.09. The van der Waals surface area contributed by atoms with Gasteiger partial charge in [-0.1, -0.05) is 0 Å². The van der Waals surface area contributed by atoms with Crippen molar-refractivity contribution in [3.8, 4) is 11.5 Å². The Morgan fingerprint density at radius 2 is 1.79 bits per heavy atom. The Balaban J connectivity index is 1.57. The van der Waals surface area contributed by atoms with Crippen LogP contribution < -0.4 is 9.47 Å². The van der Waals surface area contributed by atoms with E-state index in [2.05, 4.69) is 21.8 Å². The van der Waals surface area contributed by atoms with Crippen molar-refractivity contribution in [3.05, 3.63) is 53.6 Å². The molecule has 1 saturated heterocycles. The van der Waals surface area contributed by atoms with Gasteiger partial charge in [0.2, 0.25) is 0 Å². The molecule has 0 unspecified atom stereocenters. The van der Waals surface area contributed by atoms with Crippen LogP contribution in [0.15, 0.2) is 53.1 Å². The molecule has 3 aliphatic rings. The van der Waals surface area contributed by atoms with Crippen LogP contribution in [0.5, 0.6) is 11.5 Å². The number of allylic oxidation sites excluding steroid dienone is 1. The molecule has 0 aliphatic carbocycles. The van der Waals surface area contributed by atoms with Crippen LogP contribution in [0.25, 0.3) is 5.70 Å². The van der Waals surface area contributed by atoms with Crippen LogP contribution in [0.2, 0.25) is 0 Å². The summed E-state index contributed by atoms with van der Waals surface area (Å²) in [5, 5.41) is 0. The molecule has 0 N–H and O–H groups in total. The van der Waals surface area contributed by atoms with Crippen LogP contribution in [0.3, 0.4) is 0 Å². The summed E-state index contributed by atoms with van der Waals surface area (Å²) in [7, 11) is 5.31. The number of methoxy groups -OCH3 is 2. The third-order valence-corrected chi connectivity index (χ3v) is 5.30. The molecule has 0 spiro atoms. The van der Waals surface area contributed by atoms with Crippen molar-refractivity contribution in [3.63, 3.8) is 0 Å². The van der Waals surface area contributed by atoms with E-state index in [1.807, 2.05) is 35.4 Å². The molecule has 1 aromatic rings. The second-order valence-corrected chi connectivity index (χ2v) is 7.08. The van der Waals surface area contributed by atoms with Gasteiger partial charge in [0, 0.05) is 50.6 Å². The minimum Gasteiger partial charge on any atom is -0.493 e. The van der Waals surface area contributed by atoms with Gasteiger partial charge >= 0.3 is 0 Å². The van der Waals surface area contributed by atoms with E-state index in [1.54, 1.807) is 20.3 Å². The van der Waals surface area contributed by atoms with Crippen molar-refractivity contribution in [2.24, 2.45) is 4.99 Å². The molecule has 0 radical (unpaired) electrons. The Morgan fingerprint density at radius 3 is 2.50 bits per heavy atom. The number of halogens is 1. The topological polar surface area (TPSA) is 40.5 Å². The summed E-state index contributed by atoms with van der Waals surface area (Å²) in [6.45, 7) is 4.34. The number of aliphatic imine (C=N–C) groups is 1. The van der Waals surface area contributed by atoms with Gasteiger partial charge in [-0.2, -0.15) is 0 Å². The predicted octanol–water partition coefficient (Wildman–Crippen LogP) is 2.71. The molecule has 0 saturated carbocycles. The molecule has 0 aromatic heterocycles. The summed E-state index contributed by atoms with van der Waals surface area (Å²) in [5.74, 6) is 1.33. The lowest BCUT2D eigenvalue weighted by Gasteiger charge is -2.37. The van der Waals surface area contributed by atoms with E-state index >= 15 is 0 Å². The number of likely N-dealkylation sites (N-methyl/N-ethyl adjacent to an activating group) is 1. The Morgan fingerprint density at radius 1 is 1.04 bits per heavy atom. The number of benzene rings is 1. The fraction of sp³-hybridized carbons (Fsp3) is 0.381. The predicted molar refractivity (Wildman–Crippen MR) is 108 cm³/mol. The lowest BCUT2D eigenvalue weighted by Crippen LogP contribution is -2.45. The molecule has 0 bridgehead atoms. The van der Waals surface area contributed by atoms with Gasteiger partial charge in [-0.15, -0.1) is 0 Å². The van der Waals surface area contributed by atoms with Crippen molar-refractivity contribution < 1.29 is 13.9 Å². The maximum atomic E-state index is 14.9. The van der Waals surface area contributed by atoms with Crippen LogP contribution in [0, 0.1) is 0 Å². The summed E-state index contributed by atoms with van der Waals surface area (Å²) in [4.78, 5) is 10.9. The van der Waals surface area contributed by atoms with E-state index in [4.69, 9.17) is 9.47 Å². The number of ether oxygens (including phenoxy) is 2. The molecule has 7 heteroatoms. The summed E-state index contributed by atoms with van der Waals surface area (Å²) < 4.78 is 25.5. The molecule has 3 heterocycles. The van der Waals surface area contributed by atoms with Crippen molar-refractivity contribution >= 4 is 11.5 Å². The molecule has 4 rings (SSSR count). The first-order valence-electron chi connectivity index (χ1n) is 9.40.